The molecule has 1 aromatic rings. The molecule has 0 unspecified atom stereocenters. The SMILES string of the molecule is COC(=O)CC[C@@H](NS(=O)(=O)Cc1ccccc1)C(=O)O. The zero-order valence-corrected chi connectivity index (χ0v) is 12.3. The summed E-state index contributed by atoms with van der Waals surface area (Å²) in [4.78, 5) is 22.1. The monoisotopic (exact) mass is 315 g/mol. The van der Waals surface area contributed by atoms with Crippen molar-refractivity contribution in [1.29, 1.82) is 0 Å². The highest BCUT2D eigenvalue weighted by atomic mass is 32.2. The average Bonchev–Trinajstić information content (AvgIpc) is 2.43. The maximum absolute atomic E-state index is 11.9. The topological polar surface area (TPSA) is 110 Å². The smallest absolute Gasteiger partial charge is 0.321 e. The highest BCUT2D eigenvalue weighted by Crippen LogP contribution is 2.07. The predicted molar refractivity (Wildman–Crippen MR) is 74.9 cm³/mol. The molecule has 0 radical (unpaired) electrons. The summed E-state index contributed by atoms with van der Waals surface area (Å²) >= 11 is 0. The second kappa shape index (κ2) is 7.75. The first-order chi connectivity index (χ1) is 9.84. The van der Waals surface area contributed by atoms with Crippen molar-refractivity contribution in [3.05, 3.63) is 35.9 Å². The van der Waals surface area contributed by atoms with Gasteiger partial charge in [0.15, 0.2) is 0 Å². The number of hydrogen-bond donors (Lipinski definition) is 2. The Kier molecular flexibility index (Phi) is 6.32. The number of nitrogens with one attached hydrogen (secondary N) is 1. The number of benzene rings is 1. The number of carbonyl (C=O) groups is 2. The van der Waals surface area contributed by atoms with Crippen LogP contribution >= 0.6 is 0 Å². The van der Waals surface area contributed by atoms with E-state index >= 15 is 0 Å². The Labute approximate surface area is 123 Å². The first-order valence-electron chi connectivity index (χ1n) is 6.17. The number of carboxylic acids is 1. The lowest BCUT2D eigenvalue weighted by Crippen LogP contribution is -2.41. The Morgan fingerprint density at radius 2 is 1.90 bits per heavy atom. The van der Waals surface area contributed by atoms with Gasteiger partial charge in [0.2, 0.25) is 10.0 Å². The molecule has 7 nitrogen and oxygen atoms in total. The number of esters is 1. The second-order valence-electron chi connectivity index (χ2n) is 4.37. The molecule has 0 bridgehead atoms. The van der Waals surface area contributed by atoms with Crippen LogP contribution in [-0.2, 0) is 30.1 Å². The number of carboxylic acid groups (broad SMARTS) is 1. The molecule has 8 heteroatoms. The minimum Gasteiger partial charge on any atom is -0.480 e. The lowest BCUT2D eigenvalue weighted by Gasteiger charge is -2.14. The first-order valence-corrected chi connectivity index (χ1v) is 7.83. The highest BCUT2D eigenvalue weighted by molar-refractivity contribution is 7.88. The van der Waals surface area contributed by atoms with Crippen LogP contribution in [0.25, 0.3) is 0 Å². The Hall–Kier alpha value is -1.93. The fraction of sp³-hybridized carbons (Fsp3) is 0.385. The van der Waals surface area contributed by atoms with Gasteiger partial charge in [-0.15, -0.1) is 0 Å². The van der Waals surface area contributed by atoms with Crippen molar-refractivity contribution in [2.45, 2.75) is 24.6 Å². The Morgan fingerprint density at radius 3 is 2.43 bits per heavy atom. The number of carbonyl (C=O) groups excluding carboxylic acids is 1. The van der Waals surface area contributed by atoms with E-state index in [0.29, 0.717) is 5.56 Å². The second-order valence-corrected chi connectivity index (χ2v) is 6.12. The summed E-state index contributed by atoms with van der Waals surface area (Å²) in [5.74, 6) is -2.26. The maximum Gasteiger partial charge on any atom is 0.321 e. The third kappa shape index (κ3) is 6.37. The van der Waals surface area contributed by atoms with Gasteiger partial charge < -0.3 is 9.84 Å². The molecule has 0 heterocycles. The standard InChI is InChI=1S/C13H17NO6S/c1-20-12(15)8-7-11(13(16)17)14-21(18,19)9-10-5-3-2-4-6-10/h2-6,11,14H,7-9H2,1H3,(H,16,17)/t11-/m1/s1. The van der Waals surface area contributed by atoms with Crippen molar-refractivity contribution in [2.24, 2.45) is 0 Å². The predicted octanol–water partition coefficient (Wildman–Crippen LogP) is 0.512. The van der Waals surface area contributed by atoms with Crippen molar-refractivity contribution in [1.82, 2.24) is 4.72 Å². The van der Waals surface area contributed by atoms with E-state index in [2.05, 4.69) is 9.46 Å². The van der Waals surface area contributed by atoms with Crippen molar-refractivity contribution < 1.29 is 27.9 Å². The minimum absolute atomic E-state index is 0.171. The van der Waals surface area contributed by atoms with Crippen LogP contribution in [-0.4, -0.2) is 38.6 Å². The Balaban J connectivity index is 2.69. The minimum atomic E-state index is -3.82. The number of hydrogen-bond acceptors (Lipinski definition) is 5. The summed E-state index contributed by atoms with van der Waals surface area (Å²) in [7, 11) is -2.64. The van der Waals surface area contributed by atoms with Gasteiger partial charge in [-0.05, 0) is 12.0 Å². The normalized spacial score (nSPS) is 12.6. The fourth-order valence-corrected chi connectivity index (χ4v) is 3.02. The van der Waals surface area contributed by atoms with Crippen LogP contribution < -0.4 is 4.72 Å². The molecule has 0 saturated heterocycles. The zero-order chi connectivity index (χ0) is 15.9. The van der Waals surface area contributed by atoms with E-state index in [9.17, 15) is 18.0 Å². The molecule has 1 rings (SSSR count). The van der Waals surface area contributed by atoms with Crippen molar-refractivity contribution in [3.63, 3.8) is 0 Å². The van der Waals surface area contributed by atoms with Crippen LogP contribution in [0.15, 0.2) is 30.3 Å². The lowest BCUT2D eigenvalue weighted by atomic mass is 10.2. The van der Waals surface area contributed by atoms with Gasteiger partial charge in [-0.25, -0.2) is 13.1 Å². The van der Waals surface area contributed by atoms with Gasteiger partial charge >= 0.3 is 11.9 Å². The zero-order valence-electron chi connectivity index (χ0n) is 11.5. The van der Waals surface area contributed by atoms with E-state index in [0.717, 1.165) is 0 Å². The van der Waals surface area contributed by atoms with Gasteiger partial charge in [-0.2, -0.15) is 0 Å². The molecule has 1 aromatic carbocycles. The molecule has 0 amide bonds. The van der Waals surface area contributed by atoms with Crippen LogP contribution in [0, 0.1) is 0 Å². The molecule has 0 aliphatic rings. The van der Waals surface area contributed by atoms with Gasteiger partial charge in [-0.3, -0.25) is 9.59 Å². The number of rotatable bonds is 8. The number of sulfonamides is 1. The van der Waals surface area contributed by atoms with Crippen LogP contribution in [0.1, 0.15) is 18.4 Å². The largest absolute Gasteiger partial charge is 0.480 e. The highest BCUT2D eigenvalue weighted by Gasteiger charge is 2.25. The van der Waals surface area contributed by atoms with E-state index in [1.54, 1.807) is 30.3 Å². The van der Waals surface area contributed by atoms with Gasteiger partial charge in [0.05, 0.1) is 12.9 Å². The molecule has 21 heavy (non-hydrogen) atoms. The maximum atomic E-state index is 11.9. The fourth-order valence-electron chi connectivity index (χ4n) is 1.65. The molecule has 0 aliphatic carbocycles. The summed E-state index contributed by atoms with van der Waals surface area (Å²) in [6, 6.07) is 7.03. The van der Waals surface area contributed by atoms with E-state index in [-0.39, 0.29) is 18.6 Å². The third-order valence-corrected chi connectivity index (χ3v) is 4.04. The molecule has 0 saturated carbocycles. The van der Waals surface area contributed by atoms with Gasteiger partial charge in [0, 0.05) is 6.42 Å². The van der Waals surface area contributed by atoms with Gasteiger partial charge in [0.1, 0.15) is 6.04 Å². The summed E-state index contributed by atoms with van der Waals surface area (Å²) in [5, 5.41) is 9.01. The van der Waals surface area contributed by atoms with Crippen LogP contribution in [0.4, 0.5) is 0 Å². The molecule has 116 valence electrons. The summed E-state index contributed by atoms with van der Waals surface area (Å²) in [5.41, 5.74) is 0.544. The van der Waals surface area contributed by atoms with Crippen molar-refractivity contribution >= 4 is 22.0 Å². The number of aliphatic carboxylic acids is 1. The molecular formula is C13H17NO6S. The summed E-state index contributed by atoms with van der Waals surface area (Å²) in [6.07, 6.45) is -0.350. The lowest BCUT2D eigenvalue weighted by molar-refractivity contribution is -0.142. The molecule has 0 spiro atoms. The molecular weight excluding hydrogens is 298 g/mol. The van der Waals surface area contributed by atoms with E-state index in [4.69, 9.17) is 5.11 Å². The molecule has 0 aliphatic heterocycles. The number of ether oxygens (including phenoxy) is 1. The quantitative estimate of drug-likeness (QED) is 0.677. The Morgan fingerprint density at radius 1 is 1.29 bits per heavy atom. The van der Waals surface area contributed by atoms with Crippen molar-refractivity contribution in [3.8, 4) is 0 Å². The molecule has 2 N–H and O–H groups in total. The molecule has 1 atom stereocenters. The van der Waals surface area contributed by atoms with Gasteiger partial charge in [0.25, 0.3) is 0 Å². The van der Waals surface area contributed by atoms with Gasteiger partial charge in [-0.1, -0.05) is 30.3 Å². The summed E-state index contributed by atoms with van der Waals surface area (Å²) in [6.45, 7) is 0. The van der Waals surface area contributed by atoms with E-state index in [1.165, 1.54) is 7.11 Å². The van der Waals surface area contributed by atoms with Crippen molar-refractivity contribution in [2.75, 3.05) is 7.11 Å². The molecule has 0 aromatic heterocycles. The van der Waals surface area contributed by atoms with Crippen LogP contribution in [0.5, 0.6) is 0 Å². The molecule has 0 fully saturated rings. The average molecular weight is 315 g/mol. The third-order valence-electron chi connectivity index (χ3n) is 2.68. The first kappa shape index (κ1) is 17.1. The Bertz CT molecular complexity index is 584. The van der Waals surface area contributed by atoms with Crippen LogP contribution in [0.2, 0.25) is 0 Å². The van der Waals surface area contributed by atoms with E-state index < -0.39 is 28.0 Å². The number of methoxy groups -OCH3 is 1. The summed E-state index contributed by atoms with van der Waals surface area (Å²) < 4.78 is 30.4. The van der Waals surface area contributed by atoms with E-state index in [1.807, 2.05) is 0 Å². The van der Waals surface area contributed by atoms with Crippen LogP contribution in [0.3, 0.4) is 0 Å².